The van der Waals surface area contributed by atoms with Crippen molar-refractivity contribution >= 4 is 17.6 Å². The van der Waals surface area contributed by atoms with E-state index in [4.69, 9.17) is 21.1 Å². The highest BCUT2D eigenvalue weighted by molar-refractivity contribution is 6.30. The van der Waals surface area contributed by atoms with Crippen molar-refractivity contribution in [3.63, 3.8) is 0 Å². The molecule has 6 heteroatoms. The lowest BCUT2D eigenvalue weighted by atomic mass is 10.1. The van der Waals surface area contributed by atoms with Crippen LogP contribution in [0.2, 0.25) is 5.02 Å². The van der Waals surface area contributed by atoms with Gasteiger partial charge in [0.1, 0.15) is 12.4 Å². The number of hydrogen-bond donors (Lipinski definition) is 0. The molecule has 32 heavy (non-hydrogen) atoms. The lowest BCUT2D eigenvalue weighted by Gasteiger charge is -2.16. The Labute approximate surface area is 192 Å². The number of aromatic nitrogens is 2. The van der Waals surface area contributed by atoms with Crippen LogP contribution in [0.25, 0.3) is 16.9 Å². The minimum absolute atomic E-state index is 0.315. The molecule has 0 amide bonds. The predicted molar refractivity (Wildman–Crippen MR) is 125 cm³/mol. The number of benzene rings is 2. The molecule has 4 rings (SSSR count). The number of para-hydroxylation sites is 1. The number of pyridine rings is 1. The zero-order valence-electron chi connectivity index (χ0n) is 17.9. The minimum atomic E-state index is -0.389. The standard InChI is InChI=1S/C26H23ClN2O3/c1-3-31-26(30)20-14-22(16-28-15-20)29-18(2)8-13-24(29)23-6-4-5-7-25(23)32-17-19-9-11-21(27)12-10-19/h4-16H,3,17H2,1-2H3. The summed E-state index contributed by atoms with van der Waals surface area (Å²) in [6, 6.07) is 21.4. The Kier molecular flexibility index (Phi) is 6.57. The monoisotopic (exact) mass is 446 g/mol. The summed E-state index contributed by atoms with van der Waals surface area (Å²) in [4.78, 5) is 16.5. The van der Waals surface area contributed by atoms with Crippen molar-refractivity contribution in [2.45, 2.75) is 20.5 Å². The van der Waals surface area contributed by atoms with Gasteiger partial charge in [-0.2, -0.15) is 0 Å². The van der Waals surface area contributed by atoms with Crippen LogP contribution in [0.5, 0.6) is 5.75 Å². The fourth-order valence-corrected chi connectivity index (χ4v) is 3.64. The van der Waals surface area contributed by atoms with E-state index in [2.05, 4.69) is 9.55 Å². The van der Waals surface area contributed by atoms with Crippen molar-refractivity contribution in [1.29, 1.82) is 0 Å². The van der Waals surface area contributed by atoms with Crippen LogP contribution < -0.4 is 4.74 Å². The van der Waals surface area contributed by atoms with Gasteiger partial charge in [0.25, 0.3) is 0 Å². The first kappa shape index (κ1) is 21.7. The lowest BCUT2D eigenvalue weighted by Crippen LogP contribution is -2.07. The number of hydrogen-bond acceptors (Lipinski definition) is 4. The summed E-state index contributed by atoms with van der Waals surface area (Å²) in [5.74, 6) is 0.371. The number of esters is 1. The number of carbonyl (C=O) groups is 1. The fourth-order valence-electron chi connectivity index (χ4n) is 3.51. The Morgan fingerprint density at radius 1 is 1.03 bits per heavy atom. The van der Waals surface area contributed by atoms with Gasteiger partial charge < -0.3 is 14.0 Å². The molecule has 5 nitrogen and oxygen atoms in total. The van der Waals surface area contributed by atoms with Gasteiger partial charge >= 0.3 is 5.97 Å². The fraction of sp³-hybridized carbons (Fsp3) is 0.154. The molecule has 0 aliphatic heterocycles. The molecule has 0 atom stereocenters. The molecule has 2 heterocycles. The first-order chi connectivity index (χ1) is 15.6. The van der Waals surface area contributed by atoms with E-state index >= 15 is 0 Å². The summed E-state index contributed by atoms with van der Waals surface area (Å²) in [5.41, 5.74) is 5.11. The average molecular weight is 447 g/mol. The molecule has 2 aromatic heterocycles. The third kappa shape index (κ3) is 4.68. The number of aryl methyl sites for hydroxylation is 1. The van der Waals surface area contributed by atoms with E-state index in [9.17, 15) is 4.79 Å². The molecule has 0 bridgehead atoms. The zero-order valence-corrected chi connectivity index (χ0v) is 18.7. The van der Waals surface area contributed by atoms with Gasteiger partial charge in [-0.05, 0) is 61.9 Å². The molecule has 0 fully saturated rings. The summed E-state index contributed by atoms with van der Waals surface area (Å²) in [6.07, 6.45) is 3.25. The van der Waals surface area contributed by atoms with Gasteiger partial charge in [-0.3, -0.25) is 4.98 Å². The zero-order chi connectivity index (χ0) is 22.5. The van der Waals surface area contributed by atoms with Crippen LogP contribution in [0.15, 0.2) is 79.1 Å². The van der Waals surface area contributed by atoms with Crippen LogP contribution in [-0.4, -0.2) is 22.1 Å². The highest BCUT2D eigenvalue weighted by atomic mass is 35.5. The number of carbonyl (C=O) groups excluding carboxylic acids is 1. The van der Waals surface area contributed by atoms with Gasteiger partial charge in [-0.15, -0.1) is 0 Å². The van der Waals surface area contributed by atoms with Gasteiger partial charge in [0.15, 0.2) is 0 Å². The Morgan fingerprint density at radius 2 is 1.81 bits per heavy atom. The molecule has 0 aliphatic rings. The summed E-state index contributed by atoms with van der Waals surface area (Å²) in [7, 11) is 0. The van der Waals surface area contributed by atoms with Crippen LogP contribution in [0, 0.1) is 6.92 Å². The van der Waals surface area contributed by atoms with Crippen LogP contribution in [0.4, 0.5) is 0 Å². The predicted octanol–water partition coefficient (Wildman–Crippen LogP) is 6.26. The first-order valence-electron chi connectivity index (χ1n) is 10.3. The summed E-state index contributed by atoms with van der Waals surface area (Å²) < 4.78 is 13.4. The second-order valence-corrected chi connectivity index (χ2v) is 7.70. The van der Waals surface area contributed by atoms with Crippen molar-refractivity contribution < 1.29 is 14.3 Å². The first-order valence-corrected chi connectivity index (χ1v) is 10.7. The second-order valence-electron chi connectivity index (χ2n) is 7.26. The normalized spacial score (nSPS) is 10.7. The topological polar surface area (TPSA) is 53.3 Å². The van der Waals surface area contributed by atoms with E-state index in [-0.39, 0.29) is 5.97 Å². The lowest BCUT2D eigenvalue weighted by molar-refractivity contribution is 0.0526. The Bertz CT molecular complexity index is 1230. The Balaban J connectivity index is 1.69. The maximum atomic E-state index is 12.2. The second kappa shape index (κ2) is 9.71. The van der Waals surface area contributed by atoms with Crippen LogP contribution in [0.3, 0.4) is 0 Å². The van der Waals surface area contributed by atoms with Gasteiger partial charge in [-0.1, -0.05) is 35.9 Å². The molecule has 0 unspecified atom stereocenters. The third-order valence-electron chi connectivity index (χ3n) is 5.04. The number of nitrogens with zero attached hydrogens (tertiary/aromatic N) is 2. The Morgan fingerprint density at radius 3 is 2.59 bits per heavy atom. The summed E-state index contributed by atoms with van der Waals surface area (Å²) in [6.45, 7) is 4.53. The van der Waals surface area contributed by atoms with Gasteiger partial charge in [-0.25, -0.2) is 4.79 Å². The van der Waals surface area contributed by atoms with Crippen molar-refractivity contribution in [3.8, 4) is 22.7 Å². The van der Waals surface area contributed by atoms with Gasteiger partial charge in [0.05, 0.1) is 29.7 Å². The van der Waals surface area contributed by atoms with Gasteiger partial charge in [0.2, 0.25) is 0 Å². The molecule has 0 aliphatic carbocycles. The van der Waals surface area contributed by atoms with Crippen molar-refractivity contribution in [3.05, 3.63) is 101 Å². The van der Waals surface area contributed by atoms with Crippen LogP contribution in [0.1, 0.15) is 28.5 Å². The number of halogens is 1. The highest BCUT2D eigenvalue weighted by Gasteiger charge is 2.16. The quantitative estimate of drug-likeness (QED) is 0.314. The van der Waals surface area contributed by atoms with Crippen LogP contribution in [-0.2, 0) is 11.3 Å². The van der Waals surface area contributed by atoms with E-state index in [1.54, 1.807) is 19.2 Å². The van der Waals surface area contributed by atoms with Crippen molar-refractivity contribution in [2.24, 2.45) is 0 Å². The van der Waals surface area contributed by atoms with Gasteiger partial charge in [0, 0.05) is 22.5 Å². The molecule has 162 valence electrons. The maximum absolute atomic E-state index is 12.2. The molecule has 0 radical (unpaired) electrons. The van der Waals surface area contributed by atoms with E-state index in [1.807, 2.05) is 67.6 Å². The van der Waals surface area contributed by atoms with E-state index in [1.165, 1.54) is 6.20 Å². The minimum Gasteiger partial charge on any atom is -0.488 e. The molecule has 0 saturated heterocycles. The largest absolute Gasteiger partial charge is 0.488 e. The Hall–Kier alpha value is -3.57. The number of rotatable bonds is 7. The van der Waals surface area contributed by atoms with E-state index in [0.29, 0.717) is 23.8 Å². The average Bonchev–Trinajstić information content (AvgIpc) is 3.20. The van der Waals surface area contributed by atoms with E-state index in [0.717, 1.165) is 34.0 Å². The SMILES string of the molecule is CCOC(=O)c1cncc(-n2c(C)ccc2-c2ccccc2OCc2ccc(Cl)cc2)c1. The smallest absolute Gasteiger partial charge is 0.339 e. The molecule has 0 saturated carbocycles. The molecular weight excluding hydrogens is 424 g/mol. The van der Waals surface area contributed by atoms with Crippen LogP contribution >= 0.6 is 11.6 Å². The molecule has 4 aromatic rings. The molecule has 0 spiro atoms. The van der Waals surface area contributed by atoms with Crippen molar-refractivity contribution in [1.82, 2.24) is 9.55 Å². The van der Waals surface area contributed by atoms with Crippen molar-refractivity contribution in [2.75, 3.05) is 6.61 Å². The maximum Gasteiger partial charge on any atom is 0.339 e. The number of ether oxygens (including phenoxy) is 2. The molecule has 2 aromatic carbocycles. The van der Waals surface area contributed by atoms with E-state index < -0.39 is 0 Å². The third-order valence-corrected chi connectivity index (χ3v) is 5.29. The summed E-state index contributed by atoms with van der Waals surface area (Å²) >= 11 is 5.98. The summed E-state index contributed by atoms with van der Waals surface area (Å²) in [5, 5.41) is 0.695. The molecule has 0 N–H and O–H groups in total. The highest BCUT2D eigenvalue weighted by Crippen LogP contribution is 2.34. The molecular formula is C26H23ClN2O3.